The average Bonchev–Trinajstić information content (AvgIpc) is 2.60. The van der Waals surface area contributed by atoms with Crippen molar-refractivity contribution in [3.05, 3.63) is 77.3 Å². The van der Waals surface area contributed by atoms with Gasteiger partial charge in [0.15, 0.2) is 11.7 Å². The molecular weight excluding hydrogens is 302 g/mol. The predicted molar refractivity (Wildman–Crippen MR) is 91.0 cm³/mol. The number of amides is 1. The minimum atomic E-state index is -1.08. The van der Waals surface area contributed by atoms with Gasteiger partial charge in [0.05, 0.1) is 0 Å². The summed E-state index contributed by atoms with van der Waals surface area (Å²) in [4.78, 5) is 29.0. The number of hydrogen-bond acceptors (Lipinski definition) is 2. The Hall–Kier alpha value is -3.04. The van der Waals surface area contributed by atoms with E-state index in [0.717, 1.165) is 17.3 Å². The lowest BCUT2D eigenvalue weighted by molar-refractivity contribution is -0.139. The Kier molecular flexibility index (Phi) is 6.17. The standard InChI is InChI=1S/C19H19N3O2/c1-15(23)18(12-21-20)19(24)22(13-16-8-4-2-5-9-16)14-17-10-6-3-7-11-17/h2-12,18H,13-14H2,1H3. The van der Waals surface area contributed by atoms with Gasteiger partial charge in [-0.3, -0.25) is 9.59 Å². The van der Waals surface area contributed by atoms with Crippen molar-refractivity contribution >= 4 is 17.9 Å². The van der Waals surface area contributed by atoms with E-state index in [-0.39, 0.29) is 11.7 Å². The Morgan fingerprint density at radius 2 is 1.46 bits per heavy atom. The van der Waals surface area contributed by atoms with Gasteiger partial charge in [0.1, 0.15) is 0 Å². The molecule has 1 amide bonds. The summed E-state index contributed by atoms with van der Waals surface area (Å²) < 4.78 is 0. The zero-order valence-electron chi connectivity index (χ0n) is 13.5. The number of Topliss-reactive ketones (excluding diaryl/α,β-unsaturated/α-hetero) is 1. The van der Waals surface area contributed by atoms with E-state index in [1.165, 1.54) is 6.92 Å². The van der Waals surface area contributed by atoms with Crippen LogP contribution in [0.1, 0.15) is 18.1 Å². The van der Waals surface area contributed by atoms with Crippen molar-refractivity contribution in [2.24, 2.45) is 5.92 Å². The molecule has 0 aliphatic carbocycles. The van der Waals surface area contributed by atoms with Crippen molar-refractivity contribution in [1.82, 2.24) is 4.90 Å². The monoisotopic (exact) mass is 321 g/mol. The van der Waals surface area contributed by atoms with Crippen molar-refractivity contribution in [3.63, 3.8) is 0 Å². The van der Waals surface area contributed by atoms with E-state index >= 15 is 0 Å². The molecule has 0 heterocycles. The van der Waals surface area contributed by atoms with Crippen molar-refractivity contribution in [3.8, 4) is 0 Å². The predicted octanol–water partition coefficient (Wildman–Crippen LogP) is 2.72. The van der Waals surface area contributed by atoms with Gasteiger partial charge in [0, 0.05) is 13.1 Å². The maximum absolute atomic E-state index is 12.8. The number of ketones is 1. The van der Waals surface area contributed by atoms with E-state index in [1.54, 1.807) is 4.90 Å². The van der Waals surface area contributed by atoms with E-state index in [9.17, 15) is 9.59 Å². The lowest BCUT2D eigenvalue weighted by atomic mass is 10.0. The molecule has 122 valence electrons. The summed E-state index contributed by atoms with van der Waals surface area (Å²) in [5.41, 5.74) is 10.7. The Labute approximate surface area is 141 Å². The van der Waals surface area contributed by atoms with Crippen LogP contribution < -0.4 is 0 Å². The van der Waals surface area contributed by atoms with Crippen LogP contribution >= 0.6 is 0 Å². The van der Waals surface area contributed by atoms with Gasteiger partial charge in [-0.25, -0.2) is 0 Å². The molecule has 0 radical (unpaired) electrons. The first kappa shape index (κ1) is 17.3. The molecule has 0 N–H and O–H groups in total. The Morgan fingerprint density at radius 3 is 1.83 bits per heavy atom. The fourth-order valence-corrected chi connectivity index (χ4v) is 2.43. The number of carbonyl (C=O) groups excluding carboxylic acids is 2. The second-order valence-electron chi connectivity index (χ2n) is 5.52. The fourth-order valence-electron chi connectivity index (χ4n) is 2.43. The van der Waals surface area contributed by atoms with Crippen molar-refractivity contribution < 1.29 is 14.4 Å². The summed E-state index contributed by atoms with van der Waals surface area (Å²) in [6.07, 6.45) is 0.980. The summed E-state index contributed by atoms with van der Waals surface area (Å²) in [7, 11) is 0. The minimum Gasteiger partial charge on any atom is -0.362 e. The van der Waals surface area contributed by atoms with Crippen molar-refractivity contribution in [2.45, 2.75) is 20.0 Å². The highest BCUT2D eigenvalue weighted by Crippen LogP contribution is 2.13. The lowest BCUT2D eigenvalue weighted by Gasteiger charge is -2.24. The molecule has 5 nitrogen and oxygen atoms in total. The van der Waals surface area contributed by atoms with Gasteiger partial charge in [-0.1, -0.05) is 60.7 Å². The van der Waals surface area contributed by atoms with Crippen LogP contribution in [0.3, 0.4) is 0 Å². The van der Waals surface area contributed by atoms with Gasteiger partial charge in [0.2, 0.25) is 5.91 Å². The number of carbonyl (C=O) groups is 2. The highest BCUT2D eigenvalue weighted by molar-refractivity contribution is 6.11. The number of hydrogen-bond donors (Lipinski definition) is 0. The first-order valence-electron chi connectivity index (χ1n) is 7.66. The Balaban J connectivity index is 2.28. The highest BCUT2D eigenvalue weighted by Gasteiger charge is 2.30. The lowest BCUT2D eigenvalue weighted by Crippen LogP contribution is -2.39. The quantitative estimate of drug-likeness (QED) is 0.340. The molecular formula is C19H19N3O2. The van der Waals surface area contributed by atoms with Gasteiger partial charge in [-0.15, -0.1) is 0 Å². The van der Waals surface area contributed by atoms with Gasteiger partial charge >= 0.3 is 0 Å². The third-order valence-electron chi connectivity index (χ3n) is 3.66. The van der Waals surface area contributed by atoms with Crippen LogP contribution in [-0.4, -0.2) is 27.6 Å². The SMILES string of the molecule is CC(=O)C(C=[N+]=[N-])C(=O)N(Cc1ccccc1)Cc1ccccc1. The van der Waals surface area contributed by atoms with Gasteiger partial charge in [0.25, 0.3) is 6.21 Å². The number of benzene rings is 2. The molecule has 0 saturated carbocycles. The zero-order chi connectivity index (χ0) is 17.4. The first-order chi connectivity index (χ1) is 11.6. The molecule has 5 heteroatoms. The van der Waals surface area contributed by atoms with Crippen LogP contribution in [0.4, 0.5) is 0 Å². The summed E-state index contributed by atoms with van der Waals surface area (Å²) in [5.74, 6) is -1.82. The van der Waals surface area contributed by atoms with Crippen LogP contribution in [-0.2, 0) is 22.7 Å². The van der Waals surface area contributed by atoms with Gasteiger partial charge < -0.3 is 10.4 Å². The van der Waals surface area contributed by atoms with Crippen LogP contribution in [0.2, 0.25) is 0 Å². The van der Waals surface area contributed by atoms with Crippen LogP contribution in [0.15, 0.2) is 60.7 Å². The maximum atomic E-state index is 12.8. The molecule has 2 rings (SSSR count). The molecule has 0 aromatic heterocycles. The maximum Gasteiger partial charge on any atom is 0.277 e. The summed E-state index contributed by atoms with van der Waals surface area (Å²) in [6, 6.07) is 19.1. The topological polar surface area (TPSA) is 73.8 Å². The van der Waals surface area contributed by atoms with Crippen LogP contribution in [0.5, 0.6) is 0 Å². The molecule has 0 aliphatic rings. The molecule has 0 saturated heterocycles. The van der Waals surface area contributed by atoms with E-state index in [0.29, 0.717) is 13.1 Å². The van der Waals surface area contributed by atoms with Crippen molar-refractivity contribution in [1.29, 1.82) is 0 Å². The van der Waals surface area contributed by atoms with E-state index in [4.69, 9.17) is 5.53 Å². The minimum absolute atomic E-state index is 0.357. The van der Waals surface area contributed by atoms with Crippen molar-refractivity contribution in [2.75, 3.05) is 0 Å². The molecule has 0 aliphatic heterocycles. The third-order valence-corrected chi connectivity index (χ3v) is 3.66. The normalized spacial score (nSPS) is 11.2. The van der Waals surface area contributed by atoms with E-state index < -0.39 is 5.92 Å². The Morgan fingerprint density at radius 1 is 1.00 bits per heavy atom. The summed E-state index contributed by atoms with van der Waals surface area (Å²) in [5, 5.41) is 0. The third kappa shape index (κ3) is 4.73. The van der Waals surface area contributed by atoms with Gasteiger partial charge in [-0.2, -0.15) is 4.79 Å². The second-order valence-corrected chi connectivity index (χ2v) is 5.52. The summed E-state index contributed by atoms with van der Waals surface area (Å²) in [6.45, 7) is 2.06. The van der Waals surface area contributed by atoms with E-state index in [1.807, 2.05) is 60.7 Å². The van der Waals surface area contributed by atoms with Crippen LogP contribution in [0.25, 0.3) is 5.53 Å². The molecule has 2 aromatic carbocycles. The Bertz CT molecular complexity index is 694. The molecule has 0 fully saturated rings. The van der Waals surface area contributed by atoms with Crippen LogP contribution in [0, 0.1) is 5.92 Å². The largest absolute Gasteiger partial charge is 0.362 e. The first-order valence-corrected chi connectivity index (χ1v) is 7.66. The smallest absolute Gasteiger partial charge is 0.277 e. The molecule has 2 aromatic rings. The van der Waals surface area contributed by atoms with Gasteiger partial charge in [-0.05, 0) is 18.1 Å². The molecule has 24 heavy (non-hydrogen) atoms. The summed E-state index contributed by atoms with van der Waals surface area (Å²) >= 11 is 0. The molecule has 1 unspecified atom stereocenters. The second kappa shape index (κ2) is 8.56. The zero-order valence-corrected chi connectivity index (χ0v) is 13.5. The van der Waals surface area contributed by atoms with E-state index in [2.05, 4.69) is 4.79 Å². The number of rotatable bonds is 7. The molecule has 0 bridgehead atoms. The molecule has 1 atom stereocenters. The number of nitrogens with zero attached hydrogens (tertiary/aromatic N) is 3. The fraction of sp³-hybridized carbons (Fsp3) is 0.211. The highest BCUT2D eigenvalue weighted by atomic mass is 16.2. The average molecular weight is 321 g/mol. The molecule has 0 spiro atoms.